The highest BCUT2D eigenvalue weighted by Gasteiger charge is 2.09. The molecule has 0 fully saturated rings. The van der Waals surface area contributed by atoms with E-state index in [-0.39, 0.29) is 0 Å². The first-order chi connectivity index (χ1) is 15.6. The van der Waals surface area contributed by atoms with Crippen LogP contribution in [-0.2, 0) is 12.8 Å². The van der Waals surface area contributed by atoms with Gasteiger partial charge in [-0.05, 0) is 83.7 Å². The molecule has 9 heteroatoms. The highest BCUT2D eigenvalue weighted by Crippen LogP contribution is 2.16. The van der Waals surface area contributed by atoms with E-state index in [1.54, 1.807) is 6.33 Å². The maximum Gasteiger partial charge on any atom is 0.166 e. The lowest BCUT2D eigenvalue weighted by atomic mass is 10.1. The minimum absolute atomic E-state index is 0.698. The Hall–Kier alpha value is -2.16. The summed E-state index contributed by atoms with van der Waals surface area (Å²) in [6, 6.07) is 12.1. The molecule has 0 unspecified atom stereocenters. The van der Waals surface area contributed by atoms with Gasteiger partial charge in [0.05, 0.1) is 6.33 Å². The number of aryl methyl sites for hydroxylation is 1. The van der Waals surface area contributed by atoms with Gasteiger partial charge < -0.3 is 20.5 Å². The lowest BCUT2D eigenvalue weighted by Crippen LogP contribution is -2.38. The Morgan fingerprint density at radius 3 is 2.47 bits per heavy atom. The van der Waals surface area contributed by atoms with E-state index < -0.39 is 0 Å². The summed E-state index contributed by atoms with van der Waals surface area (Å²) < 4.78 is 0.976. The van der Waals surface area contributed by atoms with E-state index in [1.807, 2.05) is 36.7 Å². The highest BCUT2D eigenvalue weighted by molar-refractivity contribution is 9.10. The van der Waals surface area contributed by atoms with Gasteiger partial charge in [0.2, 0.25) is 0 Å². The van der Waals surface area contributed by atoms with E-state index in [9.17, 15) is 0 Å². The highest BCUT2D eigenvalue weighted by atomic mass is 79.9. The Labute approximate surface area is 208 Å². The van der Waals surface area contributed by atoms with Crippen LogP contribution in [0.5, 0.6) is 0 Å². The first-order valence-corrected chi connectivity index (χ1v) is 12.3. The van der Waals surface area contributed by atoms with Crippen molar-refractivity contribution in [3.8, 4) is 0 Å². The third-order valence-corrected chi connectivity index (χ3v) is 5.98. The molecule has 0 aliphatic carbocycles. The van der Waals surface area contributed by atoms with E-state index in [4.69, 9.17) is 23.8 Å². The number of aromatic nitrogens is 3. The fourth-order valence-electron chi connectivity index (χ4n) is 3.25. The lowest BCUT2D eigenvalue weighted by Gasteiger charge is -2.24. The van der Waals surface area contributed by atoms with Gasteiger partial charge in [-0.1, -0.05) is 23.7 Å². The van der Waals surface area contributed by atoms with Gasteiger partial charge in [0, 0.05) is 53.8 Å². The Bertz CT molecular complexity index is 934. The van der Waals surface area contributed by atoms with E-state index in [0.29, 0.717) is 5.11 Å². The molecule has 32 heavy (non-hydrogen) atoms. The second-order valence-corrected chi connectivity index (χ2v) is 9.18. The van der Waals surface area contributed by atoms with E-state index in [2.05, 4.69) is 58.5 Å². The molecule has 0 radical (unpaired) electrons. The van der Waals surface area contributed by atoms with Crippen molar-refractivity contribution in [2.75, 3.05) is 31.1 Å². The van der Waals surface area contributed by atoms with Crippen molar-refractivity contribution < 1.29 is 0 Å². The van der Waals surface area contributed by atoms with E-state index in [0.717, 1.165) is 72.9 Å². The number of rotatable bonds is 12. The van der Waals surface area contributed by atoms with Crippen molar-refractivity contribution in [3.63, 3.8) is 0 Å². The Balaban J connectivity index is 1.40. The van der Waals surface area contributed by atoms with Crippen LogP contribution in [0, 0.1) is 0 Å². The summed E-state index contributed by atoms with van der Waals surface area (Å²) in [4.78, 5) is 14.0. The van der Waals surface area contributed by atoms with Crippen LogP contribution in [-0.4, -0.2) is 46.2 Å². The molecule has 0 amide bonds. The first kappa shape index (κ1) is 24.5. The number of imidazole rings is 1. The standard InChI is InChI=1S/C23H28BrClN6S/c24-19-6-9-22(29-15-19)31(14-10-18-4-7-20(25)8-5-18)13-2-12-28-23(32)27-11-1-3-21-16-26-17-30-21/h4-9,15-17H,1-3,10-14H2,(H,26,30)(H2,27,28,32). The number of pyridine rings is 1. The predicted octanol–water partition coefficient (Wildman–Crippen LogP) is 4.76. The maximum absolute atomic E-state index is 6.01. The van der Waals surface area contributed by atoms with Gasteiger partial charge in [0.1, 0.15) is 5.82 Å². The first-order valence-electron chi connectivity index (χ1n) is 10.7. The number of hydrogen-bond acceptors (Lipinski definition) is 4. The zero-order valence-electron chi connectivity index (χ0n) is 17.9. The second-order valence-electron chi connectivity index (χ2n) is 7.41. The Morgan fingerprint density at radius 1 is 1.00 bits per heavy atom. The van der Waals surface area contributed by atoms with Crippen molar-refractivity contribution in [1.29, 1.82) is 0 Å². The van der Waals surface area contributed by atoms with Crippen LogP contribution >= 0.6 is 39.7 Å². The monoisotopic (exact) mass is 534 g/mol. The molecule has 0 aliphatic heterocycles. The van der Waals surface area contributed by atoms with Crippen LogP contribution in [0.3, 0.4) is 0 Å². The molecule has 1 aromatic carbocycles. The molecular weight excluding hydrogens is 508 g/mol. The zero-order chi connectivity index (χ0) is 22.6. The van der Waals surface area contributed by atoms with Crippen LogP contribution in [0.1, 0.15) is 24.1 Å². The van der Waals surface area contributed by atoms with Crippen molar-refractivity contribution in [1.82, 2.24) is 25.6 Å². The average Bonchev–Trinajstić information content (AvgIpc) is 3.32. The summed E-state index contributed by atoms with van der Waals surface area (Å²) in [7, 11) is 0. The molecule has 0 saturated heterocycles. The third-order valence-electron chi connectivity index (χ3n) is 4.97. The second kappa shape index (κ2) is 13.4. The van der Waals surface area contributed by atoms with Gasteiger partial charge in [0.15, 0.2) is 5.11 Å². The smallest absolute Gasteiger partial charge is 0.166 e. The number of nitrogens with one attached hydrogen (secondary N) is 3. The van der Waals surface area contributed by atoms with Crippen molar-refractivity contribution >= 4 is 50.7 Å². The summed E-state index contributed by atoms with van der Waals surface area (Å²) in [5, 5.41) is 8.03. The van der Waals surface area contributed by atoms with Gasteiger partial charge in [0.25, 0.3) is 0 Å². The number of aromatic amines is 1. The summed E-state index contributed by atoms with van der Waals surface area (Å²) in [6.45, 7) is 3.41. The molecule has 0 atom stereocenters. The lowest BCUT2D eigenvalue weighted by molar-refractivity contribution is 0.688. The van der Waals surface area contributed by atoms with Crippen LogP contribution in [0.2, 0.25) is 5.02 Å². The third kappa shape index (κ3) is 8.76. The number of nitrogens with zero attached hydrogens (tertiary/aromatic N) is 3. The molecule has 0 bridgehead atoms. The molecular formula is C23H28BrClN6S. The zero-order valence-corrected chi connectivity index (χ0v) is 21.0. The van der Waals surface area contributed by atoms with Gasteiger partial charge >= 0.3 is 0 Å². The summed E-state index contributed by atoms with van der Waals surface area (Å²) in [5.74, 6) is 0.974. The SMILES string of the molecule is S=C(NCCCc1cnc[nH]1)NCCCN(CCc1ccc(Cl)cc1)c1ccc(Br)cn1. The van der Waals surface area contributed by atoms with Crippen molar-refractivity contribution in [2.45, 2.75) is 25.7 Å². The van der Waals surface area contributed by atoms with Gasteiger partial charge in [-0.25, -0.2) is 9.97 Å². The van der Waals surface area contributed by atoms with E-state index in [1.165, 1.54) is 5.56 Å². The van der Waals surface area contributed by atoms with Crippen LogP contribution in [0.15, 0.2) is 59.6 Å². The average molecular weight is 536 g/mol. The number of thiocarbonyl (C=S) groups is 1. The fraction of sp³-hybridized carbons (Fsp3) is 0.348. The molecule has 2 aromatic heterocycles. The van der Waals surface area contributed by atoms with Crippen molar-refractivity contribution in [2.24, 2.45) is 0 Å². The van der Waals surface area contributed by atoms with Crippen LogP contribution < -0.4 is 15.5 Å². The number of H-pyrrole nitrogens is 1. The quantitative estimate of drug-likeness (QED) is 0.230. The van der Waals surface area contributed by atoms with Crippen LogP contribution in [0.25, 0.3) is 0 Å². The Kier molecular flexibility index (Phi) is 10.3. The molecule has 3 aromatic rings. The van der Waals surface area contributed by atoms with Crippen LogP contribution in [0.4, 0.5) is 5.82 Å². The summed E-state index contributed by atoms with van der Waals surface area (Å²) in [5.41, 5.74) is 2.40. The largest absolute Gasteiger partial charge is 0.363 e. The number of anilines is 1. The minimum atomic E-state index is 0.698. The molecule has 3 rings (SSSR count). The van der Waals surface area contributed by atoms with Gasteiger partial charge in [-0.15, -0.1) is 0 Å². The van der Waals surface area contributed by atoms with Crippen molar-refractivity contribution in [3.05, 3.63) is 75.9 Å². The molecule has 0 aliphatic rings. The molecule has 170 valence electrons. The van der Waals surface area contributed by atoms with E-state index >= 15 is 0 Å². The number of benzene rings is 1. The fourth-order valence-corrected chi connectivity index (χ4v) is 3.81. The molecule has 3 N–H and O–H groups in total. The molecule has 0 saturated carbocycles. The topological polar surface area (TPSA) is 68.9 Å². The maximum atomic E-state index is 6.01. The normalized spacial score (nSPS) is 10.7. The molecule has 6 nitrogen and oxygen atoms in total. The number of halogens is 2. The summed E-state index contributed by atoms with van der Waals surface area (Å²) in [6.07, 6.45) is 9.24. The molecule has 2 heterocycles. The molecule has 0 spiro atoms. The minimum Gasteiger partial charge on any atom is -0.363 e. The number of hydrogen-bond donors (Lipinski definition) is 3. The predicted molar refractivity (Wildman–Crippen MR) is 139 cm³/mol. The summed E-state index contributed by atoms with van der Waals surface area (Å²) >= 11 is 14.9. The Morgan fingerprint density at radius 2 is 1.78 bits per heavy atom. The van der Waals surface area contributed by atoms with Gasteiger partial charge in [-0.3, -0.25) is 0 Å². The van der Waals surface area contributed by atoms with Gasteiger partial charge in [-0.2, -0.15) is 0 Å².